The molecule has 0 radical (unpaired) electrons. The van der Waals surface area contributed by atoms with E-state index < -0.39 is 96.1 Å². The van der Waals surface area contributed by atoms with Crippen LogP contribution in [0.1, 0.15) is 54.4 Å². The minimum absolute atomic E-state index is 0.136. The summed E-state index contributed by atoms with van der Waals surface area (Å²) < 4.78 is 0. The molecule has 0 rings (SSSR count). The molecular formula is C24H43N7O9. The summed E-state index contributed by atoms with van der Waals surface area (Å²) in [6, 6.07) is -7.24. The molecule has 0 aromatic carbocycles. The van der Waals surface area contributed by atoms with Crippen molar-refractivity contribution >= 4 is 41.4 Å². The Hall–Kier alpha value is -3.79. The second-order valence-electron chi connectivity index (χ2n) is 10.1. The van der Waals surface area contributed by atoms with Crippen LogP contribution in [0.2, 0.25) is 0 Å². The molecule has 0 saturated carbocycles. The summed E-state index contributed by atoms with van der Waals surface area (Å²) >= 11 is 0. The van der Waals surface area contributed by atoms with Gasteiger partial charge >= 0.3 is 5.97 Å². The quantitative estimate of drug-likeness (QED) is 0.0825. The highest BCUT2D eigenvalue weighted by Crippen LogP contribution is 2.08. The number of aliphatic hydroxyl groups excluding tert-OH is 1. The van der Waals surface area contributed by atoms with Crippen molar-refractivity contribution in [3.8, 4) is 0 Å². The van der Waals surface area contributed by atoms with Gasteiger partial charge in [-0.1, -0.05) is 27.7 Å². The number of amides is 6. The smallest absolute Gasteiger partial charge is 0.328 e. The fourth-order valence-corrected chi connectivity index (χ4v) is 3.28. The molecule has 11 N–H and O–H groups in total. The Morgan fingerprint density at radius 3 is 1.50 bits per heavy atom. The molecule has 16 heteroatoms. The first kappa shape index (κ1) is 36.2. The predicted octanol–water partition coefficient (Wildman–Crippen LogP) is -3.57. The molecule has 0 aliphatic heterocycles. The molecule has 0 aliphatic carbocycles. The number of hydrogen-bond donors (Lipinski definition) is 9. The molecule has 0 aliphatic rings. The third kappa shape index (κ3) is 12.4. The van der Waals surface area contributed by atoms with E-state index in [4.69, 9.17) is 16.6 Å². The first-order valence-corrected chi connectivity index (χ1v) is 12.8. The maximum Gasteiger partial charge on any atom is 0.328 e. The second-order valence-corrected chi connectivity index (χ2v) is 10.1. The maximum atomic E-state index is 13.1. The van der Waals surface area contributed by atoms with Crippen molar-refractivity contribution in [2.45, 2.75) is 90.6 Å². The zero-order chi connectivity index (χ0) is 31.3. The highest BCUT2D eigenvalue weighted by atomic mass is 16.4. The van der Waals surface area contributed by atoms with Crippen LogP contribution in [0, 0.1) is 11.8 Å². The fraction of sp³-hybridized carbons (Fsp3) is 0.708. The zero-order valence-corrected chi connectivity index (χ0v) is 23.6. The average Bonchev–Trinajstić information content (AvgIpc) is 2.84. The van der Waals surface area contributed by atoms with E-state index in [1.807, 2.05) is 0 Å². The SMILES string of the molecule is CC(C)[C@H](NC(=O)[C@H](C)NC(=O)[C@H](CCC(N)=O)NC(=O)[C@H](C)N)C(=O)N[C@H](C(=O)N[C@@H](CO)C(=O)O)C(C)C. The van der Waals surface area contributed by atoms with Crippen molar-refractivity contribution in [1.82, 2.24) is 26.6 Å². The summed E-state index contributed by atoms with van der Waals surface area (Å²) in [5, 5.41) is 30.2. The van der Waals surface area contributed by atoms with Crippen molar-refractivity contribution in [2.75, 3.05) is 6.61 Å². The van der Waals surface area contributed by atoms with Crippen molar-refractivity contribution < 1.29 is 43.8 Å². The molecule has 6 atom stereocenters. The van der Waals surface area contributed by atoms with Crippen LogP contribution in [-0.4, -0.2) is 94.5 Å². The molecule has 0 bridgehead atoms. The molecule has 6 amide bonds. The number of nitrogens with two attached hydrogens (primary N) is 2. The summed E-state index contributed by atoms with van der Waals surface area (Å²) in [6.45, 7) is 8.37. The molecule has 0 aromatic heterocycles. The number of carboxylic acid groups (broad SMARTS) is 1. The van der Waals surface area contributed by atoms with Gasteiger partial charge in [0.1, 0.15) is 30.2 Å². The monoisotopic (exact) mass is 573 g/mol. The predicted molar refractivity (Wildman–Crippen MR) is 142 cm³/mol. The topological polar surface area (TPSA) is 272 Å². The van der Waals surface area contributed by atoms with Crippen LogP contribution in [0.4, 0.5) is 0 Å². The van der Waals surface area contributed by atoms with E-state index in [-0.39, 0.29) is 12.8 Å². The first-order valence-electron chi connectivity index (χ1n) is 12.8. The minimum atomic E-state index is -1.57. The fourth-order valence-electron chi connectivity index (χ4n) is 3.28. The molecule has 0 saturated heterocycles. The summed E-state index contributed by atoms with van der Waals surface area (Å²) in [4.78, 5) is 85.6. The molecule has 40 heavy (non-hydrogen) atoms. The van der Waals surface area contributed by atoms with Crippen LogP contribution >= 0.6 is 0 Å². The Morgan fingerprint density at radius 2 is 1.10 bits per heavy atom. The van der Waals surface area contributed by atoms with Gasteiger partial charge in [-0.2, -0.15) is 0 Å². The zero-order valence-electron chi connectivity index (χ0n) is 23.6. The Bertz CT molecular complexity index is 940. The molecular weight excluding hydrogens is 530 g/mol. The molecule has 228 valence electrons. The average molecular weight is 574 g/mol. The van der Waals surface area contributed by atoms with Crippen LogP contribution in [0.5, 0.6) is 0 Å². The number of rotatable bonds is 17. The van der Waals surface area contributed by atoms with Gasteiger partial charge in [0, 0.05) is 6.42 Å². The lowest BCUT2D eigenvalue weighted by molar-refractivity contribution is -0.143. The Balaban J connectivity index is 5.51. The summed E-state index contributed by atoms with van der Waals surface area (Å²) in [7, 11) is 0. The first-order chi connectivity index (χ1) is 18.4. The van der Waals surface area contributed by atoms with Gasteiger partial charge in [-0.15, -0.1) is 0 Å². The summed E-state index contributed by atoms with van der Waals surface area (Å²) in [5.74, 6) is -6.89. The number of carboxylic acids is 1. The van der Waals surface area contributed by atoms with Gasteiger partial charge in [-0.25, -0.2) is 4.79 Å². The normalized spacial score (nSPS) is 15.6. The molecule has 0 heterocycles. The lowest BCUT2D eigenvalue weighted by Gasteiger charge is -2.28. The number of carbonyl (C=O) groups is 7. The standard InChI is InChI=1S/C24H43N7O9/c1-10(2)17(22(37)29-15(9-32)24(39)40)31-23(38)18(11(3)4)30-20(35)13(6)27-21(36)14(7-8-16(26)33)28-19(34)12(5)25/h10-15,17-18,32H,7-9,25H2,1-6H3,(H2,26,33)(H,27,36)(H,28,34)(H,29,37)(H,30,35)(H,31,38)(H,39,40)/t12-,13-,14-,15-,17-,18-/m0/s1. The highest BCUT2D eigenvalue weighted by Gasteiger charge is 2.33. The molecule has 0 spiro atoms. The van der Waals surface area contributed by atoms with Gasteiger partial charge in [-0.05, 0) is 32.1 Å². The van der Waals surface area contributed by atoms with E-state index in [1.165, 1.54) is 13.8 Å². The van der Waals surface area contributed by atoms with E-state index in [0.29, 0.717) is 0 Å². The molecule has 0 unspecified atom stereocenters. The third-order valence-corrected chi connectivity index (χ3v) is 5.77. The summed E-state index contributed by atoms with van der Waals surface area (Å²) in [5.41, 5.74) is 10.7. The molecule has 16 nitrogen and oxygen atoms in total. The van der Waals surface area contributed by atoms with Crippen molar-refractivity contribution in [3.63, 3.8) is 0 Å². The Morgan fingerprint density at radius 1 is 0.650 bits per heavy atom. The Labute approximate surface area is 232 Å². The number of aliphatic hydroxyl groups is 1. The van der Waals surface area contributed by atoms with E-state index in [0.717, 1.165) is 0 Å². The minimum Gasteiger partial charge on any atom is -0.480 e. The molecule has 0 fully saturated rings. The Kier molecular flexibility index (Phi) is 15.4. The maximum absolute atomic E-state index is 13.1. The van der Waals surface area contributed by atoms with Gasteiger partial charge in [0.05, 0.1) is 12.6 Å². The summed E-state index contributed by atoms with van der Waals surface area (Å²) in [6.07, 6.45) is -0.355. The van der Waals surface area contributed by atoms with E-state index >= 15 is 0 Å². The van der Waals surface area contributed by atoms with Gasteiger partial charge < -0.3 is 48.3 Å². The lowest BCUT2D eigenvalue weighted by Crippen LogP contribution is -2.60. The van der Waals surface area contributed by atoms with Crippen LogP contribution in [0.3, 0.4) is 0 Å². The van der Waals surface area contributed by atoms with Gasteiger partial charge in [-0.3, -0.25) is 28.8 Å². The number of nitrogens with one attached hydrogen (secondary N) is 5. The van der Waals surface area contributed by atoms with Crippen LogP contribution < -0.4 is 38.1 Å². The number of hydrogen-bond acceptors (Lipinski definition) is 9. The van der Waals surface area contributed by atoms with Gasteiger partial charge in [0.2, 0.25) is 35.4 Å². The number of aliphatic carboxylic acids is 1. The highest BCUT2D eigenvalue weighted by molar-refractivity contribution is 5.96. The number of primary amides is 1. The number of carbonyl (C=O) groups excluding carboxylic acids is 6. The van der Waals surface area contributed by atoms with Gasteiger partial charge in [0.15, 0.2) is 0 Å². The third-order valence-electron chi connectivity index (χ3n) is 5.77. The van der Waals surface area contributed by atoms with E-state index in [9.17, 15) is 38.7 Å². The van der Waals surface area contributed by atoms with Crippen molar-refractivity contribution in [3.05, 3.63) is 0 Å². The van der Waals surface area contributed by atoms with E-state index in [1.54, 1.807) is 27.7 Å². The van der Waals surface area contributed by atoms with Crippen LogP contribution in [-0.2, 0) is 33.6 Å². The van der Waals surface area contributed by atoms with Gasteiger partial charge in [0.25, 0.3) is 0 Å². The van der Waals surface area contributed by atoms with E-state index in [2.05, 4.69) is 26.6 Å². The lowest BCUT2D eigenvalue weighted by atomic mass is 9.99. The van der Waals surface area contributed by atoms with Crippen LogP contribution in [0.15, 0.2) is 0 Å². The van der Waals surface area contributed by atoms with Crippen molar-refractivity contribution in [2.24, 2.45) is 23.3 Å². The largest absolute Gasteiger partial charge is 0.480 e. The van der Waals surface area contributed by atoms with Crippen LogP contribution in [0.25, 0.3) is 0 Å². The van der Waals surface area contributed by atoms with Crippen molar-refractivity contribution in [1.29, 1.82) is 0 Å². The molecule has 0 aromatic rings. The second kappa shape index (κ2) is 17.0.